The summed E-state index contributed by atoms with van der Waals surface area (Å²) in [5, 5.41) is 0. The molecule has 74 valence electrons. The quantitative estimate of drug-likeness (QED) is 0.706. The fourth-order valence-electron chi connectivity index (χ4n) is 0.801. The minimum absolute atomic E-state index is 0.0866. The molecule has 1 aromatic rings. The van der Waals surface area contributed by atoms with Crippen LogP contribution in [0.1, 0.15) is 6.92 Å². The van der Waals surface area contributed by atoms with Crippen LogP contribution >= 0.6 is 0 Å². The van der Waals surface area contributed by atoms with Gasteiger partial charge in [0.2, 0.25) is 17.7 Å². The first kappa shape index (κ1) is 10.1. The van der Waals surface area contributed by atoms with Gasteiger partial charge in [-0.1, -0.05) is 5.92 Å². The Kier molecular flexibility index (Phi) is 3.13. The molecule has 14 heavy (non-hydrogen) atoms. The van der Waals surface area contributed by atoms with Gasteiger partial charge in [-0.15, -0.1) is 6.42 Å². The van der Waals surface area contributed by atoms with Gasteiger partial charge in [-0.2, -0.15) is 9.97 Å². The predicted molar refractivity (Wildman–Crippen MR) is 51.9 cm³/mol. The minimum Gasteiger partial charge on any atom is -0.481 e. The van der Waals surface area contributed by atoms with E-state index in [4.69, 9.17) is 21.6 Å². The highest BCUT2D eigenvalue weighted by atomic mass is 16.5. The van der Waals surface area contributed by atoms with E-state index in [2.05, 4.69) is 15.9 Å². The third-order valence-electron chi connectivity index (χ3n) is 1.44. The third kappa shape index (κ3) is 2.52. The average molecular weight is 193 g/mol. The van der Waals surface area contributed by atoms with Crippen LogP contribution in [0.15, 0.2) is 6.07 Å². The van der Waals surface area contributed by atoms with Gasteiger partial charge in [0.25, 0.3) is 0 Å². The summed E-state index contributed by atoms with van der Waals surface area (Å²) >= 11 is 0. The van der Waals surface area contributed by atoms with Gasteiger partial charge in [0, 0.05) is 0 Å². The molecule has 1 atom stereocenters. The average Bonchev–Trinajstić information content (AvgIpc) is 2.16. The summed E-state index contributed by atoms with van der Waals surface area (Å²) in [5.74, 6) is 3.14. The normalized spacial score (nSPS) is 11.5. The van der Waals surface area contributed by atoms with Gasteiger partial charge in [0.1, 0.15) is 0 Å². The van der Waals surface area contributed by atoms with E-state index in [-0.39, 0.29) is 12.1 Å². The van der Waals surface area contributed by atoms with Gasteiger partial charge in [-0.05, 0) is 6.92 Å². The molecule has 1 heterocycles. The lowest BCUT2D eigenvalue weighted by atomic mass is 10.4. The maximum absolute atomic E-state index is 5.42. The molecule has 0 saturated heterocycles. The number of hydrogen-bond acceptors (Lipinski definition) is 5. The number of ether oxygens (including phenoxy) is 2. The van der Waals surface area contributed by atoms with Crippen LogP contribution in [-0.4, -0.2) is 23.2 Å². The van der Waals surface area contributed by atoms with E-state index < -0.39 is 0 Å². The molecule has 0 aliphatic rings. The standard InChI is InChI=1S/C9H11N3O2/c1-4-6(2)14-8-5-7(13-3)11-9(10)12-8/h1,5-6H,2-3H3,(H2,10,11,12). The molecule has 5 heteroatoms. The summed E-state index contributed by atoms with van der Waals surface area (Å²) < 4.78 is 10.1. The van der Waals surface area contributed by atoms with Gasteiger partial charge in [0.05, 0.1) is 13.2 Å². The molecule has 1 aromatic heterocycles. The highest BCUT2D eigenvalue weighted by Crippen LogP contribution is 2.16. The van der Waals surface area contributed by atoms with E-state index in [9.17, 15) is 0 Å². The highest BCUT2D eigenvalue weighted by Gasteiger charge is 2.05. The summed E-state index contributed by atoms with van der Waals surface area (Å²) in [6, 6.07) is 1.52. The Labute approximate surface area is 82.3 Å². The summed E-state index contributed by atoms with van der Waals surface area (Å²) in [6.45, 7) is 1.73. The van der Waals surface area contributed by atoms with Crippen molar-refractivity contribution in [2.75, 3.05) is 12.8 Å². The topological polar surface area (TPSA) is 70.3 Å². The van der Waals surface area contributed by atoms with Gasteiger partial charge < -0.3 is 15.2 Å². The molecule has 0 spiro atoms. The molecule has 0 fully saturated rings. The zero-order chi connectivity index (χ0) is 10.6. The number of methoxy groups -OCH3 is 1. The van der Waals surface area contributed by atoms with Crippen molar-refractivity contribution in [3.63, 3.8) is 0 Å². The van der Waals surface area contributed by atoms with Crippen LogP contribution in [0.4, 0.5) is 5.95 Å². The summed E-state index contributed by atoms with van der Waals surface area (Å²) in [7, 11) is 1.48. The van der Waals surface area contributed by atoms with Gasteiger partial charge in [0.15, 0.2) is 6.10 Å². The fourth-order valence-corrected chi connectivity index (χ4v) is 0.801. The molecule has 0 aromatic carbocycles. The second-order valence-electron chi connectivity index (χ2n) is 2.53. The van der Waals surface area contributed by atoms with E-state index in [1.807, 2.05) is 0 Å². The van der Waals surface area contributed by atoms with Crippen LogP contribution < -0.4 is 15.2 Å². The van der Waals surface area contributed by atoms with Crippen molar-refractivity contribution in [2.24, 2.45) is 0 Å². The van der Waals surface area contributed by atoms with Crippen molar-refractivity contribution >= 4 is 5.95 Å². The Balaban J connectivity index is 2.87. The highest BCUT2D eigenvalue weighted by molar-refractivity contribution is 5.29. The van der Waals surface area contributed by atoms with Gasteiger partial charge in [-0.25, -0.2) is 0 Å². The zero-order valence-electron chi connectivity index (χ0n) is 8.02. The lowest BCUT2D eigenvalue weighted by Gasteiger charge is -2.08. The Bertz CT molecular complexity index is 360. The van der Waals surface area contributed by atoms with E-state index in [1.54, 1.807) is 6.92 Å². The number of terminal acetylenes is 1. The van der Waals surface area contributed by atoms with Crippen molar-refractivity contribution in [1.82, 2.24) is 9.97 Å². The van der Waals surface area contributed by atoms with Crippen LogP contribution in [0.25, 0.3) is 0 Å². The van der Waals surface area contributed by atoms with Crippen molar-refractivity contribution in [2.45, 2.75) is 13.0 Å². The first-order valence-corrected chi connectivity index (χ1v) is 3.97. The molecular weight excluding hydrogens is 182 g/mol. The van der Waals surface area contributed by atoms with Crippen LogP contribution in [0.2, 0.25) is 0 Å². The molecule has 0 bridgehead atoms. The maximum Gasteiger partial charge on any atom is 0.226 e. The van der Waals surface area contributed by atoms with Crippen molar-refractivity contribution < 1.29 is 9.47 Å². The lowest BCUT2D eigenvalue weighted by molar-refractivity contribution is 0.265. The van der Waals surface area contributed by atoms with Gasteiger partial charge in [-0.3, -0.25) is 0 Å². The van der Waals surface area contributed by atoms with Crippen molar-refractivity contribution in [3.8, 4) is 24.1 Å². The van der Waals surface area contributed by atoms with Gasteiger partial charge >= 0.3 is 0 Å². The first-order valence-electron chi connectivity index (χ1n) is 3.97. The zero-order valence-corrected chi connectivity index (χ0v) is 8.02. The number of nitrogens with zero attached hydrogens (tertiary/aromatic N) is 2. The monoisotopic (exact) mass is 193 g/mol. The lowest BCUT2D eigenvalue weighted by Crippen LogP contribution is -2.10. The van der Waals surface area contributed by atoms with Crippen LogP contribution in [0.3, 0.4) is 0 Å². The Morgan fingerprint density at radius 3 is 2.71 bits per heavy atom. The first-order chi connectivity index (χ1) is 6.65. The molecule has 0 aliphatic heterocycles. The molecule has 1 unspecified atom stereocenters. The summed E-state index contributed by atoms with van der Waals surface area (Å²) in [6.07, 6.45) is 4.78. The second kappa shape index (κ2) is 4.33. The number of rotatable bonds is 3. The Morgan fingerprint density at radius 2 is 2.14 bits per heavy atom. The predicted octanol–water partition coefficient (Wildman–Crippen LogP) is 0.468. The minimum atomic E-state index is -0.367. The van der Waals surface area contributed by atoms with E-state index in [0.717, 1.165) is 0 Å². The second-order valence-corrected chi connectivity index (χ2v) is 2.53. The van der Waals surface area contributed by atoms with E-state index in [1.165, 1.54) is 13.2 Å². The molecule has 0 aliphatic carbocycles. The molecule has 5 nitrogen and oxygen atoms in total. The van der Waals surface area contributed by atoms with Crippen LogP contribution in [0.5, 0.6) is 11.8 Å². The summed E-state index contributed by atoms with van der Waals surface area (Å²) in [5.41, 5.74) is 5.42. The Hall–Kier alpha value is -1.96. The molecule has 2 N–H and O–H groups in total. The molecule has 0 amide bonds. The molecule has 1 rings (SSSR count). The number of nitrogen functional groups attached to an aromatic ring is 1. The molecular formula is C9H11N3O2. The molecule has 0 saturated carbocycles. The fraction of sp³-hybridized carbons (Fsp3) is 0.333. The van der Waals surface area contributed by atoms with Crippen LogP contribution in [0, 0.1) is 12.3 Å². The number of hydrogen-bond donors (Lipinski definition) is 1. The smallest absolute Gasteiger partial charge is 0.226 e. The number of anilines is 1. The van der Waals surface area contributed by atoms with E-state index >= 15 is 0 Å². The van der Waals surface area contributed by atoms with Crippen molar-refractivity contribution in [1.29, 1.82) is 0 Å². The summed E-state index contributed by atoms with van der Waals surface area (Å²) in [4.78, 5) is 7.64. The molecule has 0 radical (unpaired) electrons. The SMILES string of the molecule is C#CC(C)Oc1cc(OC)nc(N)n1. The third-order valence-corrected chi connectivity index (χ3v) is 1.44. The number of nitrogens with two attached hydrogens (primary N) is 1. The number of aromatic nitrogens is 2. The van der Waals surface area contributed by atoms with E-state index in [0.29, 0.717) is 11.8 Å². The van der Waals surface area contributed by atoms with Crippen LogP contribution in [-0.2, 0) is 0 Å². The largest absolute Gasteiger partial charge is 0.481 e. The maximum atomic E-state index is 5.42. The Morgan fingerprint density at radius 1 is 1.50 bits per heavy atom. The van der Waals surface area contributed by atoms with Crippen molar-refractivity contribution in [3.05, 3.63) is 6.07 Å².